The van der Waals surface area contributed by atoms with Crippen molar-refractivity contribution in [3.05, 3.63) is 80.2 Å². The molecule has 0 saturated heterocycles. The predicted octanol–water partition coefficient (Wildman–Crippen LogP) is 6.25. The Kier molecular flexibility index (Phi) is 6.74. The number of benzene rings is 1. The van der Waals surface area contributed by atoms with Gasteiger partial charge in [-0.05, 0) is 52.6 Å². The van der Waals surface area contributed by atoms with Crippen molar-refractivity contribution in [2.45, 2.75) is 50.4 Å². The van der Waals surface area contributed by atoms with Gasteiger partial charge in [0.2, 0.25) is 5.43 Å². The third-order valence-electron chi connectivity index (χ3n) is 7.05. The van der Waals surface area contributed by atoms with Crippen molar-refractivity contribution in [3.8, 4) is 22.9 Å². The molecule has 0 aliphatic carbocycles. The maximum atomic E-state index is 14.6. The first kappa shape index (κ1) is 27.2. The first-order valence-electron chi connectivity index (χ1n) is 12.0. The number of thiophene rings is 1. The van der Waals surface area contributed by atoms with E-state index < -0.39 is 35.6 Å². The zero-order chi connectivity index (χ0) is 28.2. The fourth-order valence-electron chi connectivity index (χ4n) is 5.19. The summed E-state index contributed by atoms with van der Waals surface area (Å²) in [6, 6.07) is 8.89. The Morgan fingerprint density at radius 3 is 2.72 bits per heavy atom. The van der Waals surface area contributed by atoms with Gasteiger partial charge in [0.1, 0.15) is 16.8 Å². The molecule has 0 bridgehead atoms. The standard InChI is InChI=1S/C28H23ClF3N3O3S/c1-26(2,20-9-18(8-17-3-5-38-24(17)20)19-7-16(10-33)11-34-12-19)14-27(37,28(30,31)32)15-35-13-21(29)23(36)25-22(35)4-6-39-25/h4,6-9,11-13,37H,3,5,14-15H2,1-2H3. The summed E-state index contributed by atoms with van der Waals surface area (Å²) in [7, 11) is 0. The Morgan fingerprint density at radius 1 is 1.23 bits per heavy atom. The van der Waals surface area contributed by atoms with E-state index in [0.29, 0.717) is 41.0 Å². The van der Waals surface area contributed by atoms with Crippen LogP contribution in [0.25, 0.3) is 21.3 Å². The average Bonchev–Trinajstić information content (AvgIpc) is 3.55. The highest BCUT2D eigenvalue weighted by Gasteiger charge is 2.56. The molecule has 3 aromatic heterocycles. The zero-order valence-corrected chi connectivity index (χ0v) is 22.5. The van der Waals surface area contributed by atoms with Crippen molar-refractivity contribution in [1.29, 1.82) is 5.26 Å². The quantitative estimate of drug-likeness (QED) is 0.295. The van der Waals surface area contributed by atoms with Gasteiger partial charge in [-0.1, -0.05) is 25.4 Å². The zero-order valence-electron chi connectivity index (χ0n) is 21.0. The summed E-state index contributed by atoms with van der Waals surface area (Å²) < 4.78 is 51.1. The number of aliphatic hydroxyl groups is 1. The maximum Gasteiger partial charge on any atom is 0.418 e. The van der Waals surface area contributed by atoms with Gasteiger partial charge in [0, 0.05) is 36.1 Å². The molecular weight excluding hydrogens is 551 g/mol. The molecule has 5 rings (SSSR count). The van der Waals surface area contributed by atoms with E-state index in [1.54, 1.807) is 37.6 Å². The van der Waals surface area contributed by atoms with E-state index in [4.69, 9.17) is 16.3 Å². The fraction of sp³-hybridized carbons (Fsp3) is 0.321. The van der Waals surface area contributed by atoms with E-state index in [2.05, 4.69) is 4.98 Å². The monoisotopic (exact) mass is 573 g/mol. The summed E-state index contributed by atoms with van der Waals surface area (Å²) in [6.07, 6.45) is -0.967. The molecule has 1 N–H and O–H groups in total. The molecular formula is C28H23ClF3N3O3S. The summed E-state index contributed by atoms with van der Waals surface area (Å²) in [5, 5.41) is 22.0. The van der Waals surface area contributed by atoms with Crippen LogP contribution >= 0.6 is 22.9 Å². The van der Waals surface area contributed by atoms with E-state index in [-0.39, 0.29) is 15.2 Å². The normalized spacial score (nSPS) is 15.0. The van der Waals surface area contributed by atoms with Crippen LogP contribution in [0.2, 0.25) is 5.02 Å². The molecule has 0 spiro atoms. The van der Waals surface area contributed by atoms with Crippen LogP contribution in [-0.2, 0) is 18.4 Å². The topological polar surface area (TPSA) is 88.1 Å². The van der Waals surface area contributed by atoms with Gasteiger partial charge >= 0.3 is 6.18 Å². The first-order chi connectivity index (χ1) is 18.3. The number of halogens is 4. The lowest BCUT2D eigenvalue weighted by atomic mass is 9.73. The molecule has 1 aliphatic heterocycles. The number of hydrogen-bond donors (Lipinski definition) is 1. The molecule has 0 radical (unpaired) electrons. The molecule has 1 unspecified atom stereocenters. The minimum Gasteiger partial charge on any atom is -0.493 e. The van der Waals surface area contributed by atoms with Crippen molar-refractivity contribution in [3.63, 3.8) is 0 Å². The van der Waals surface area contributed by atoms with Gasteiger partial charge in [-0.2, -0.15) is 18.4 Å². The highest BCUT2D eigenvalue weighted by molar-refractivity contribution is 7.17. The van der Waals surface area contributed by atoms with Gasteiger partial charge < -0.3 is 14.4 Å². The van der Waals surface area contributed by atoms with Crippen molar-refractivity contribution >= 4 is 33.2 Å². The number of hydrogen-bond acceptors (Lipinski definition) is 6. The molecule has 11 heteroatoms. The van der Waals surface area contributed by atoms with E-state index >= 15 is 0 Å². The fourth-order valence-corrected chi connectivity index (χ4v) is 6.32. The van der Waals surface area contributed by atoms with Crippen LogP contribution in [0.5, 0.6) is 5.75 Å². The van der Waals surface area contributed by atoms with E-state index in [9.17, 15) is 28.3 Å². The number of rotatable bonds is 6. The van der Waals surface area contributed by atoms with Gasteiger partial charge in [0.15, 0.2) is 5.60 Å². The Hall–Kier alpha value is -3.39. The summed E-state index contributed by atoms with van der Waals surface area (Å²) in [5.41, 5.74) is -1.55. The van der Waals surface area contributed by atoms with Crippen LogP contribution in [0, 0.1) is 11.3 Å². The lowest BCUT2D eigenvalue weighted by Crippen LogP contribution is -2.52. The van der Waals surface area contributed by atoms with Crippen molar-refractivity contribution in [2.24, 2.45) is 0 Å². The second-order valence-corrected chi connectivity index (χ2v) is 11.7. The van der Waals surface area contributed by atoms with Crippen LogP contribution < -0.4 is 10.2 Å². The van der Waals surface area contributed by atoms with Gasteiger partial charge in [0.25, 0.3) is 0 Å². The Bertz CT molecular complexity index is 1690. The van der Waals surface area contributed by atoms with Crippen LogP contribution in [0.4, 0.5) is 13.2 Å². The third kappa shape index (κ3) is 4.91. The minimum absolute atomic E-state index is 0.221. The number of fused-ring (bicyclic) bond motifs is 2. The van der Waals surface area contributed by atoms with E-state index in [1.165, 1.54) is 16.8 Å². The Labute approximate surface area is 230 Å². The van der Waals surface area contributed by atoms with Crippen LogP contribution in [-0.4, -0.2) is 33.0 Å². The smallest absolute Gasteiger partial charge is 0.418 e. The summed E-state index contributed by atoms with van der Waals surface area (Å²) in [5.74, 6) is 0.504. The number of alkyl halides is 3. The highest BCUT2D eigenvalue weighted by atomic mass is 35.5. The molecule has 1 aromatic carbocycles. The third-order valence-corrected chi connectivity index (χ3v) is 8.23. The minimum atomic E-state index is -5.01. The number of aromatic nitrogens is 2. The van der Waals surface area contributed by atoms with Gasteiger partial charge in [-0.3, -0.25) is 9.78 Å². The highest BCUT2D eigenvalue weighted by Crippen LogP contribution is 2.47. The molecule has 4 aromatic rings. The number of pyridine rings is 2. The SMILES string of the molecule is CC(C)(CC(O)(Cn1cc(Cl)c(=O)c2sccc21)C(F)(F)F)c1cc(-c2cncc(C#N)c2)cc2c1OCC2. The van der Waals surface area contributed by atoms with Crippen molar-refractivity contribution < 1.29 is 23.0 Å². The van der Waals surface area contributed by atoms with Gasteiger partial charge in [0.05, 0.1) is 28.9 Å². The van der Waals surface area contributed by atoms with Gasteiger partial charge in [-0.15, -0.1) is 11.3 Å². The Balaban J connectivity index is 1.59. The number of nitrogens with zero attached hydrogens (tertiary/aromatic N) is 3. The molecule has 4 heterocycles. The maximum absolute atomic E-state index is 14.6. The molecule has 39 heavy (non-hydrogen) atoms. The van der Waals surface area contributed by atoms with E-state index in [1.807, 2.05) is 12.1 Å². The first-order valence-corrected chi connectivity index (χ1v) is 13.3. The van der Waals surface area contributed by atoms with Gasteiger partial charge in [-0.25, -0.2) is 0 Å². The summed E-state index contributed by atoms with van der Waals surface area (Å²) in [6.45, 7) is 2.79. The number of nitriles is 1. The molecule has 0 fully saturated rings. The molecule has 6 nitrogen and oxygen atoms in total. The van der Waals surface area contributed by atoms with Crippen molar-refractivity contribution in [1.82, 2.24) is 9.55 Å². The number of ether oxygens (including phenoxy) is 1. The lowest BCUT2D eigenvalue weighted by molar-refractivity contribution is -0.271. The van der Waals surface area contributed by atoms with Crippen molar-refractivity contribution in [2.75, 3.05) is 6.61 Å². The largest absolute Gasteiger partial charge is 0.493 e. The molecule has 1 aliphatic rings. The molecule has 0 amide bonds. The second-order valence-electron chi connectivity index (χ2n) is 10.3. The van der Waals surface area contributed by atoms with Crippen LogP contribution in [0.3, 0.4) is 0 Å². The molecule has 1 atom stereocenters. The summed E-state index contributed by atoms with van der Waals surface area (Å²) >= 11 is 7.13. The van der Waals surface area contributed by atoms with Crippen LogP contribution in [0.15, 0.2) is 53.0 Å². The average molecular weight is 574 g/mol. The summed E-state index contributed by atoms with van der Waals surface area (Å²) in [4.78, 5) is 16.5. The van der Waals surface area contributed by atoms with E-state index in [0.717, 1.165) is 23.1 Å². The predicted molar refractivity (Wildman–Crippen MR) is 143 cm³/mol. The molecule has 202 valence electrons. The second kappa shape index (κ2) is 9.66. The van der Waals surface area contributed by atoms with Crippen LogP contribution in [0.1, 0.15) is 37.0 Å². The lowest BCUT2D eigenvalue weighted by Gasteiger charge is -2.39. The Morgan fingerprint density at radius 2 is 2.00 bits per heavy atom. The molecule has 0 saturated carbocycles.